The van der Waals surface area contributed by atoms with Crippen molar-refractivity contribution in [3.05, 3.63) is 24.3 Å². The van der Waals surface area contributed by atoms with Gasteiger partial charge in [-0.25, -0.2) is 0 Å². The average molecular weight is 413 g/mol. The summed E-state index contributed by atoms with van der Waals surface area (Å²) in [4.78, 5) is 39.3. The van der Waals surface area contributed by atoms with Crippen LogP contribution in [0.15, 0.2) is 24.3 Å². The Balaban J connectivity index is 1.95. The molecule has 1 saturated heterocycles. The monoisotopic (exact) mass is 413 g/mol. The predicted molar refractivity (Wildman–Crippen MR) is 98.2 cm³/mol. The lowest BCUT2D eigenvalue weighted by molar-refractivity contribution is -0.158. The fraction of sp³-hybridized carbons (Fsp3) is 0.526. The number of carbonyl (C=O) groups excluding carboxylic acids is 3. The molecule has 10 heteroatoms. The Morgan fingerprint density at radius 1 is 1.24 bits per heavy atom. The first kappa shape index (κ1) is 21.1. The third kappa shape index (κ3) is 4.52. The number of carbonyl (C=O) groups is 3. The van der Waals surface area contributed by atoms with Gasteiger partial charge in [0.25, 0.3) is 0 Å². The second-order valence-corrected chi connectivity index (χ2v) is 7.10. The smallest absolute Gasteiger partial charge is 0.409 e. The summed E-state index contributed by atoms with van der Waals surface area (Å²) >= 11 is 0. The zero-order chi connectivity index (χ0) is 21.2. The molecule has 7 nitrogen and oxygen atoms in total. The highest BCUT2D eigenvalue weighted by molar-refractivity contribution is 6.05. The van der Waals surface area contributed by atoms with Gasteiger partial charge in [-0.3, -0.25) is 24.2 Å². The SMILES string of the molecule is COC(=O)[C@H]1CCCCN1CC(=O)N1c2ccccc2NC(=O)C[C@H]1C(F)(F)F. The molecule has 1 fully saturated rings. The van der Waals surface area contributed by atoms with Gasteiger partial charge in [0.15, 0.2) is 0 Å². The number of esters is 1. The highest BCUT2D eigenvalue weighted by Gasteiger charge is 2.49. The molecule has 2 amide bonds. The Morgan fingerprint density at radius 2 is 1.97 bits per heavy atom. The van der Waals surface area contributed by atoms with Gasteiger partial charge in [0, 0.05) is 0 Å². The van der Waals surface area contributed by atoms with E-state index in [2.05, 4.69) is 5.32 Å². The Kier molecular flexibility index (Phi) is 6.11. The molecule has 0 unspecified atom stereocenters. The number of halogens is 3. The molecule has 1 aromatic rings. The molecule has 3 rings (SSSR count). The van der Waals surface area contributed by atoms with Crippen molar-refractivity contribution in [2.24, 2.45) is 0 Å². The van der Waals surface area contributed by atoms with Gasteiger partial charge in [0.05, 0.1) is 31.5 Å². The number of anilines is 2. The lowest BCUT2D eigenvalue weighted by atomic mass is 10.0. The van der Waals surface area contributed by atoms with Gasteiger partial charge in [-0.05, 0) is 31.5 Å². The number of nitrogens with zero attached hydrogens (tertiary/aromatic N) is 2. The molecule has 2 aliphatic heterocycles. The minimum absolute atomic E-state index is 0.0164. The first-order valence-corrected chi connectivity index (χ1v) is 9.32. The number of amides is 2. The highest BCUT2D eigenvalue weighted by Crippen LogP contribution is 2.38. The number of methoxy groups -OCH3 is 1. The van der Waals surface area contributed by atoms with E-state index in [0.29, 0.717) is 17.9 Å². The molecule has 0 bridgehead atoms. The molecular formula is C19H22F3N3O4. The first-order chi connectivity index (χ1) is 13.7. The van der Waals surface area contributed by atoms with Crippen LogP contribution in [0.2, 0.25) is 0 Å². The number of para-hydroxylation sites is 2. The lowest BCUT2D eigenvalue weighted by Gasteiger charge is -2.37. The predicted octanol–water partition coefficient (Wildman–Crippen LogP) is 2.32. The fourth-order valence-electron chi connectivity index (χ4n) is 3.83. The van der Waals surface area contributed by atoms with E-state index in [-0.39, 0.29) is 17.9 Å². The van der Waals surface area contributed by atoms with Crippen LogP contribution in [-0.4, -0.2) is 61.1 Å². The first-order valence-electron chi connectivity index (χ1n) is 9.32. The van der Waals surface area contributed by atoms with Gasteiger partial charge in [-0.15, -0.1) is 0 Å². The zero-order valence-electron chi connectivity index (χ0n) is 15.9. The van der Waals surface area contributed by atoms with E-state index in [1.54, 1.807) is 11.0 Å². The lowest BCUT2D eigenvalue weighted by Crippen LogP contribution is -2.55. The normalized spacial score (nSPS) is 23.0. The van der Waals surface area contributed by atoms with Crippen molar-refractivity contribution in [2.45, 2.75) is 43.9 Å². The zero-order valence-corrected chi connectivity index (χ0v) is 15.9. The van der Waals surface area contributed by atoms with E-state index >= 15 is 0 Å². The number of rotatable bonds is 3. The number of ether oxygens (including phenoxy) is 1. The van der Waals surface area contributed by atoms with E-state index in [1.807, 2.05) is 0 Å². The molecule has 0 saturated carbocycles. The molecule has 2 atom stereocenters. The summed E-state index contributed by atoms with van der Waals surface area (Å²) in [5, 5.41) is 2.43. The molecule has 2 heterocycles. The number of nitrogens with one attached hydrogen (secondary N) is 1. The minimum atomic E-state index is -4.80. The molecule has 29 heavy (non-hydrogen) atoms. The molecular weight excluding hydrogens is 391 g/mol. The number of hydrogen-bond acceptors (Lipinski definition) is 5. The summed E-state index contributed by atoms with van der Waals surface area (Å²) in [6.07, 6.45) is -3.74. The number of fused-ring (bicyclic) bond motifs is 1. The summed E-state index contributed by atoms with van der Waals surface area (Å²) in [6, 6.07) is 2.91. The van der Waals surface area contributed by atoms with Gasteiger partial charge >= 0.3 is 12.1 Å². The van der Waals surface area contributed by atoms with Crippen molar-refractivity contribution in [1.29, 1.82) is 0 Å². The van der Waals surface area contributed by atoms with Crippen molar-refractivity contribution < 1.29 is 32.3 Å². The molecule has 1 aromatic carbocycles. The number of benzene rings is 1. The summed E-state index contributed by atoms with van der Waals surface area (Å²) in [6.45, 7) is 0.0176. The van der Waals surface area contributed by atoms with Crippen LogP contribution in [0.1, 0.15) is 25.7 Å². The summed E-state index contributed by atoms with van der Waals surface area (Å²) < 4.78 is 46.1. The number of piperidine rings is 1. The summed E-state index contributed by atoms with van der Waals surface area (Å²) in [5.41, 5.74) is 0.123. The average Bonchev–Trinajstić information content (AvgIpc) is 2.83. The maximum atomic E-state index is 13.8. The van der Waals surface area contributed by atoms with Gasteiger partial charge in [-0.2, -0.15) is 13.2 Å². The molecule has 0 aliphatic carbocycles. The Morgan fingerprint density at radius 3 is 2.66 bits per heavy atom. The fourth-order valence-corrected chi connectivity index (χ4v) is 3.83. The van der Waals surface area contributed by atoms with Gasteiger partial charge in [-0.1, -0.05) is 18.6 Å². The van der Waals surface area contributed by atoms with Crippen LogP contribution in [0, 0.1) is 0 Å². The maximum absolute atomic E-state index is 13.8. The second kappa shape index (κ2) is 8.40. The van der Waals surface area contributed by atoms with Crippen molar-refractivity contribution >= 4 is 29.2 Å². The van der Waals surface area contributed by atoms with Crippen molar-refractivity contribution in [3.63, 3.8) is 0 Å². The Bertz CT molecular complexity index is 799. The summed E-state index contributed by atoms with van der Waals surface area (Å²) in [5.74, 6) is -2.16. The van der Waals surface area contributed by atoms with E-state index < -0.39 is 42.5 Å². The molecule has 2 aliphatic rings. The van der Waals surface area contributed by atoms with Crippen LogP contribution in [-0.2, 0) is 19.1 Å². The quantitative estimate of drug-likeness (QED) is 0.770. The highest BCUT2D eigenvalue weighted by atomic mass is 19.4. The van der Waals surface area contributed by atoms with Crippen molar-refractivity contribution in [2.75, 3.05) is 30.4 Å². The van der Waals surface area contributed by atoms with E-state index in [0.717, 1.165) is 12.8 Å². The van der Waals surface area contributed by atoms with Crippen LogP contribution in [0.3, 0.4) is 0 Å². The second-order valence-electron chi connectivity index (χ2n) is 7.10. The molecule has 1 N–H and O–H groups in total. The van der Waals surface area contributed by atoms with Crippen LogP contribution in [0.4, 0.5) is 24.5 Å². The molecule has 0 spiro atoms. The largest absolute Gasteiger partial charge is 0.468 e. The van der Waals surface area contributed by atoms with E-state index in [9.17, 15) is 27.6 Å². The molecule has 0 radical (unpaired) electrons. The minimum Gasteiger partial charge on any atom is -0.468 e. The Hall–Kier alpha value is -2.62. The standard InChI is InChI=1S/C19H22F3N3O4/c1-29-18(28)14-8-4-5-9-24(14)11-17(27)25-13-7-3-2-6-12(13)23-16(26)10-15(25)19(20,21)22/h2-3,6-7,14-15H,4-5,8-11H2,1H3,(H,23,26)/t14-,15+/m1/s1. The summed E-state index contributed by atoms with van der Waals surface area (Å²) in [7, 11) is 1.24. The van der Waals surface area contributed by atoms with Crippen molar-refractivity contribution in [3.8, 4) is 0 Å². The van der Waals surface area contributed by atoms with Gasteiger partial charge in [0.1, 0.15) is 12.1 Å². The van der Waals surface area contributed by atoms with Gasteiger partial charge < -0.3 is 10.1 Å². The van der Waals surface area contributed by atoms with Crippen LogP contribution < -0.4 is 10.2 Å². The Labute approximate surface area is 165 Å². The van der Waals surface area contributed by atoms with Crippen LogP contribution >= 0.6 is 0 Å². The van der Waals surface area contributed by atoms with Crippen LogP contribution in [0.25, 0.3) is 0 Å². The van der Waals surface area contributed by atoms with Crippen LogP contribution in [0.5, 0.6) is 0 Å². The maximum Gasteiger partial charge on any atom is 0.409 e. The third-order valence-corrected chi connectivity index (χ3v) is 5.20. The van der Waals surface area contributed by atoms with Crippen molar-refractivity contribution in [1.82, 2.24) is 4.90 Å². The topological polar surface area (TPSA) is 79.0 Å². The number of likely N-dealkylation sites (tertiary alicyclic amines) is 1. The molecule has 158 valence electrons. The third-order valence-electron chi connectivity index (χ3n) is 5.20. The van der Waals surface area contributed by atoms with E-state index in [1.165, 1.54) is 25.3 Å². The number of alkyl halides is 3. The van der Waals surface area contributed by atoms with E-state index in [4.69, 9.17) is 4.74 Å². The number of hydrogen-bond donors (Lipinski definition) is 1. The molecule has 0 aromatic heterocycles. The van der Waals surface area contributed by atoms with Gasteiger partial charge in [0.2, 0.25) is 11.8 Å².